The van der Waals surface area contributed by atoms with E-state index >= 15 is 0 Å². The molecular weight excluding hydrogens is 455 g/mol. The Morgan fingerprint density at radius 1 is 1.03 bits per heavy atom. The van der Waals surface area contributed by atoms with E-state index in [2.05, 4.69) is 31.1 Å². The topological polar surface area (TPSA) is 90.0 Å². The van der Waals surface area contributed by atoms with Crippen LogP contribution < -0.4 is 11.2 Å². The van der Waals surface area contributed by atoms with Crippen LogP contribution in [0.25, 0.3) is 28.3 Å². The lowest BCUT2D eigenvalue weighted by molar-refractivity contribution is 0.628. The molecule has 3 aromatic heterocycles. The zero-order valence-electron chi connectivity index (χ0n) is 15.6. The van der Waals surface area contributed by atoms with Crippen molar-refractivity contribution in [3.05, 3.63) is 85.2 Å². The number of nitrogens with zero attached hydrogens (tertiary/aromatic N) is 5. The lowest BCUT2D eigenvalue weighted by Crippen LogP contribution is -2.29. The SMILES string of the molecule is Cn1c(=O)[nH]c(=O)c2c1n1c(-c3ccc(F)cc3)nnc1n2Cc1ccc(Br)cc1. The van der Waals surface area contributed by atoms with E-state index in [1.807, 2.05) is 24.3 Å². The van der Waals surface area contributed by atoms with Gasteiger partial charge in [0.25, 0.3) is 5.56 Å². The molecule has 1 N–H and O–H groups in total. The quantitative estimate of drug-likeness (QED) is 0.440. The van der Waals surface area contributed by atoms with Gasteiger partial charge in [0.05, 0.1) is 6.54 Å². The number of fused-ring (bicyclic) bond motifs is 3. The fraction of sp³-hybridized carbons (Fsp3) is 0.100. The number of halogens is 2. The lowest BCUT2D eigenvalue weighted by atomic mass is 10.2. The van der Waals surface area contributed by atoms with Crippen LogP contribution in [-0.2, 0) is 13.6 Å². The molecule has 0 saturated heterocycles. The monoisotopic (exact) mass is 468 g/mol. The molecule has 0 aliphatic rings. The molecule has 0 spiro atoms. The van der Waals surface area contributed by atoms with Gasteiger partial charge in [-0.3, -0.25) is 18.9 Å². The summed E-state index contributed by atoms with van der Waals surface area (Å²) in [7, 11) is 1.57. The maximum Gasteiger partial charge on any atom is 0.329 e. The smallest absolute Gasteiger partial charge is 0.298 e. The number of benzene rings is 2. The first-order chi connectivity index (χ1) is 14.4. The Labute approximate surface area is 176 Å². The Balaban J connectivity index is 1.86. The van der Waals surface area contributed by atoms with Crippen molar-refractivity contribution in [1.82, 2.24) is 28.7 Å². The van der Waals surface area contributed by atoms with E-state index in [1.165, 1.54) is 16.7 Å². The van der Waals surface area contributed by atoms with E-state index in [1.54, 1.807) is 28.1 Å². The molecule has 5 aromatic rings. The lowest BCUT2D eigenvalue weighted by Gasteiger charge is -2.05. The summed E-state index contributed by atoms with van der Waals surface area (Å²) in [4.78, 5) is 27.4. The predicted octanol–water partition coefficient (Wildman–Crippen LogP) is 2.69. The normalized spacial score (nSPS) is 11.6. The number of imidazole rings is 1. The molecule has 150 valence electrons. The van der Waals surface area contributed by atoms with E-state index in [9.17, 15) is 14.0 Å². The van der Waals surface area contributed by atoms with Crippen LogP contribution in [0.3, 0.4) is 0 Å². The van der Waals surface area contributed by atoms with Crippen LogP contribution in [0.4, 0.5) is 4.39 Å². The molecule has 10 heteroatoms. The molecule has 3 heterocycles. The molecule has 0 aliphatic heterocycles. The minimum absolute atomic E-state index is 0.299. The second-order valence-corrected chi connectivity index (χ2v) is 7.78. The zero-order valence-corrected chi connectivity index (χ0v) is 17.2. The third-order valence-electron chi connectivity index (χ3n) is 5.00. The molecule has 0 fully saturated rings. The molecule has 0 aliphatic carbocycles. The Kier molecular flexibility index (Phi) is 4.17. The van der Waals surface area contributed by atoms with Crippen LogP contribution >= 0.6 is 15.9 Å². The first-order valence-electron chi connectivity index (χ1n) is 9.01. The molecule has 0 unspecified atom stereocenters. The highest BCUT2D eigenvalue weighted by Gasteiger charge is 2.23. The Bertz CT molecular complexity index is 1530. The van der Waals surface area contributed by atoms with Crippen LogP contribution in [0.1, 0.15) is 5.56 Å². The van der Waals surface area contributed by atoms with E-state index in [4.69, 9.17) is 0 Å². The Hall–Kier alpha value is -3.53. The average molecular weight is 469 g/mol. The van der Waals surface area contributed by atoms with Gasteiger partial charge in [-0.2, -0.15) is 0 Å². The van der Waals surface area contributed by atoms with Crippen molar-refractivity contribution >= 4 is 32.9 Å². The van der Waals surface area contributed by atoms with Gasteiger partial charge in [0.15, 0.2) is 17.0 Å². The zero-order chi connectivity index (χ0) is 21.0. The van der Waals surface area contributed by atoms with Crippen molar-refractivity contribution in [1.29, 1.82) is 0 Å². The molecule has 0 atom stereocenters. The van der Waals surface area contributed by atoms with Crippen LogP contribution in [0.2, 0.25) is 0 Å². The summed E-state index contributed by atoms with van der Waals surface area (Å²) in [6.45, 7) is 0.350. The van der Waals surface area contributed by atoms with E-state index < -0.39 is 11.2 Å². The number of nitrogens with one attached hydrogen (secondary N) is 1. The number of H-pyrrole nitrogens is 1. The summed E-state index contributed by atoms with van der Waals surface area (Å²) in [5, 5.41) is 8.54. The second kappa shape index (κ2) is 6.77. The fourth-order valence-corrected chi connectivity index (χ4v) is 3.81. The van der Waals surface area contributed by atoms with Gasteiger partial charge in [0.2, 0.25) is 5.78 Å². The van der Waals surface area contributed by atoms with Gasteiger partial charge in [-0.25, -0.2) is 13.6 Å². The highest BCUT2D eigenvalue weighted by atomic mass is 79.9. The maximum absolute atomic E-state index is 13.4. The predicted molar refractivity (Wildman–Crippen MR) is 113 cm³/mol. The van der Waals surface area contributed by atoms with Gasteiger partial charge in [0, 0.05) is 17.1 Å². The first-order valence-corrected chi connectivity index (χ1v) is 9.80. The van der Waals surface area contributed by atoms with Crippen molar-refractivity contribution in [3.63, 3.8) is 0 Å². The summed E-state index contributed by atoms with van der Waals surface area (Å²) in [5.41, 5.74) is 1.15. The number of hydrogen-bond donors (Lipinski definition) is 1. The third-order valence-corrected chi connectivity index (χ3v) is 5.52. The van der Waals surface area contributed by atoms with Crippen molar-refractivity contribution in [2.24, 2.45) is 7.05 Å². The van der Waals surface area contributed by atoms with E-state index in [-0.39, 0.29) is 5.82 Å². The number of hydrogen-bond acceptors (Lipinski definition) is 4. The Morgan fingerprint density at radius 3 is 2.43 bits per heavy atom. The number of aromatic amines is 1. The molecule has 0 bridgehead atoms. The first kappa shape index (κ1) is 18.5. The molecule has 0 amide bonds. The van der Waals surface area contributed by atoms with Gasteiger partial charge in [-0.15, -0.1) is 10.2 Å². The van der Waals surface area contributed by atoms with Gasteiger partial charge in [0.1, 0.15) is 5.82 Å². The number of aromatic nitrogens is 6. The van der Waals surface area contributed by atoms with Gasteiger partial charge < -0.3 is 0 Å². The van der Waals surface area contributed by atoms with Crippen LogP contribution in [0, 0.1) is 5.82 Å². The van der Waals surface area contributed by atoms with Gasteiger partial charge >= 0.3 is 5.69 Å². The van der Waals surface area contributed by atoms with Crippen LogP contribution in [-0.4, -0.2) is 28.7 Å². The van der Waals surface area contributed by atoms with Crippen molar-refractivity contribution in [2.45, 2.75) is 6.54 Å². The average Bonchev–Trinajstić information content (AvgIpc) is 3.28. The molecule has 5 rings (SSSR count). The van der Waals surface area contributed by atoms with Crippen molar-refractivity contribution in [3.8, 4) is 11.4 Å². The molecule has 0 radical (unpaired) electrons. The minimum Gasteiger partial charge on any atom is -0.298 e. The second-order valence-electron chi connectivity index (χ2n) is 6.87. The molecule has 8 nitrogen and oxygen atoms in total. The summed E-state index contributed by atoms with van der Waals surface area (Å²) in [5.74, 6) is 0.435. The number of aryl methyl sites for hydroxylation is 1. The van der Waals surface area contributed by atoms with Crippen LogP contribution in [0.15, 0.2) is 62.6 Å². The van der Waals surface area contributed by atoms with E-state index in [0.29, 0.717) is 34.9 Å². The fourth-order valence-electron chi connectivity index (χ4n) is 3.55. The summed E-state index contributed by atoms with van der Waals surface area (Å²) < 4.78 is 19.1. The summed E-state index contributed by atoms with van der Waals surface area (Å²) in [6, 6.07) is 13.5. The molecule has 2 aromatic carbocycles. The highest BCUT2D eigenvalue weighted by Crippen LogP contribution is 2.25. The highest BCUT2D eigenvalue weighted by molar-refractivity contribution is 9.10. The Morgan fingerprint density at radius 2 is 1.73 bits per heavy atom. The van der Waals surface area contributed by atoms with Crippen LogP contribution in [0.5, 0.6) is 0 Å². The summed E-state index contributed by atoms with van der Waals surface area (Å²) >= 11 is 3.41. The van der Waals surface area contributed by atoms with Crippen molar-refractivity contribution < 1.29 is 4.39 Å². The molecule has 0 saturated carbocycles. The largest absolute Gasteiger partial charge is 0.329 e. The minimum atomic E-state index is -0.547. The third kappa shape index (κ3) is 2.79. The number of rotatable bonds is 3. The van der Waals surface area contributed by atoms with E-state index in [0.717, 1.165) is 10.0 Å². The molecular formula is C20H14BrFN6O2. The van der Waals surface area contributed by atoms with Gasteiger partial charge in [-0.05, 0) is 42.0 Å². The maximum atomic E-state index is 13.4. The molecule has 30 heavy (non-hydrogen) atoms. The van der Waals surface area contributed by atoms with Gasteiger partial charge in [-0.1, -0.05) is 28.1 Å². The van der Waals surface area contributed by atoms with Crippen molar-refractivity contribution in [2.75, 3.05) is 0 Å². The standard InChI is InChI=1S/C20H14BrFN6O2/c1-26-18-15(17(29)23-20(26)30)27(10-11-2-6-13(21)7-3-11)19-25-24-16(28(18)19)12-4-8-14(22)9-5-12/h2-9H,10H2,1H3,(H,23,29,30). The summed E-state index contributed by atoms with van der Waals surface area (Å²) in [6.07, 6.45) is 0.